The Balaban J connectivity index is 1.53. The second kappa shape index (κ2) is 6.96. The van der Waals surface area contributed by atoms with Gasteiger partial charge in [0.2, 0.25) is 5.91 Å². The molecule has 0 bridgehead atoms. The number of hydrogen-bond acceptors (Lipinski definition) is 3. The van der Waals surface area contributed by atoms with Gasteiger partial charge in [0.15, 0.2) is 0 Å². The Bertz CT molecular complexity index is 697. The van der Waals surface area contributed by atoms with Crippen molar-refractivity contribution >= 4 is 23.2 Å². The van der Waals surface area contributed by atoms with E-state index < -0.39 is 0 Å². The molecule has 1 aliphatic carbocycles. The van der Waals surface area contributed by atoms with Crippen molar-refractivity contribution < 1.29 is 9.59 Å². The summed E-state index contributed by atoms with van der Waals surface area (Å²) in [5.74, 6) is -0.212. The zero-order chi connectivity index (χ0) is 16.2. The fourth-order valence-electron chi connectivity index (χ4n) is 2.99. The van der Waals surface area contributed by atoms with Gasteiger partial charge in [-0.25, -0.2) is 0 Å². The average Bonchev–Trinajstić information content (AvgIpc) is 3.08. The number of nitrogens with zero attached hydrogens (tertiary/aromatic N) is 1. The molecule has 1 heterocycles. The zero-order valence-electron chi connectivity index (χ0n) is 13.1. The Labute approximate surface area is 140 Å². The summed E-state index contributed by atoms with van der Waals surface area (Å²) in [5, 5.41) is 6.72. The summed E-state index contributed by atoms with van der Waals surface area (Å²) in [6.45, 7) is 0.0901. The van der Waals surface area contributed by atoms with Crippen molar-refractivity contribution in [3.05, 3.63) is 57.8 Å². The first kappa shape index (κ1) is 15.7. The molecule has 5 heteroatoms. The van der Waals surface area contributed by atoms with E-state index in [4.69, 9.17) is 0 Å². The van der Waals surface area contributed by atoms with Crippen LogP contribution in [0.3, 0.4) is 0 Å². The topological polar surface area (TPSA) is 49.4 Å². The van der Waals surface area contributed by atoms with Crippen molar-refractivity contribution in [2.45, 2.75) is 25.3 Å². The van der Waals surface area contributed by atoms with Crippen LogP contribution in [0.4, 0.5) is 0 Å². The number of rotatable bonds is 4. The normalized spacial score (nSPS) is 16.5. The molecule has 2 amide bonds. The van der Waals surface area contributed by atoms with E-state index in [0.717, 1.165) is 19.3 Å². The van der Waals surface area contributed by atoms with Crippen LogP contribution in [0, 0.1) is 0 Å². The quantitative estimate of drug-likeness (QED) is 0.937. The van der Waals surface area contributed by atoms with Crippen LogP contribution in [0.5, 0.6) is 0 Å². The summed E-state index contributed by atoms with van der Waals surface area (Å²) in [5.41, 5.74) is 3.33. The zero-order valence-corrected chi connectivity index (χ0v) is 13.9. The Morgan fingerprint density at radius 1 is 1.26 bits per heavy atom. The van der Waals surface area contributed by atoms with Crippen LogP contribution in [-0.2, 0) is 17.6 Å². The van der Waals surface area contributed by atoms with E-state index in [1.807, 2.05) is 11.4 Å². The minimum absolute atomic E-state index is 0.0901. The van der Waals surface area contributed by atoms with Crippen molar-refractivity contribution in [3.63, 3.8) is 0 Å². The van der Waals surface area contributed by atoms with E-state index in [1.54, 1.807) is 18.5 Å². The molecule has 1 aliphatic rings. The molecule has 0 aliphatic heterocycles. The molecule has 0 fully saturated rings. The molecule has 0 radical (unpaired) electrons. The molecule has 23 heavy (non-hydrogen) atoms. The average molecular weight is 328 g/mol. The van der Waals surface area contributed by atoms with Crippen LogP contribution >= 0.6 is 11.3 Å². The molecule has 0 saturated heterocycles. The van der Waals surface area contributed by atoms with Crippen LogP contribution in [0.15, 0.2) is 41.1 Å². The van der Waals surface area contributed by atoms with Crippen molar-refractivity contribution in [1.82, 2.24) is 10.2 Å². The third kappa shape index (κ3) is 3.79. The first-order valence-electron chi connectivity index (χ1n) is 7.77. The third-order valence-corrected chi connectivity index (χ3v) is 4.89. The fourth-order valence-corrected chi connectivity index (χ4v) is 3.62. The number of aryl methyl sites for hydroxylation is 1. The van der Waals surface area contributed by atoms with Gasteiger partial charge in [0, 0.05) is 18.5 Å². The number of benzene rings is 1. The minimum Gasteiger partial charge on any atom is -0.351 e. The lowest BCUT2D eigenvalue weighted by Crippen LogP contribution is -2.44. The molecular weight excluding hydrogens is 308 g/mol. The summed E-state index contributed by atoms with van der Waals surface area (Å²) < 4.78 is 0. The second-order valence-corrected chi connectivity index (χ2v) is 6.73. The van der Waals surface area contributed by atoms with Gasteiger partial charge in [-0.2, -0.15) is 11.3 Å². The van der Waals surface area contributed by atoms with Gasteiger partial charge in [-0.05, 0) is 41.8 Å². The molecule has 0 unspecified atom stereocenters. The third-order valence-electron chi connectivity index (χ3n) is 4.21. The van der Waals surface area contributed by atoms with Crippen LogP contribution in [-0.4, -0.2) is 36.3 Å². The first-order valence-corrected chi connectivity index (χ1v) is 8.71. The number of hydrogen-bond donors (Lipinski definition) is 1. The van der Waals surface area contributed by atoms with E-state index in [9.17, 15) is 9.59 Å². The highest BCUT2D eigenvalue weighted by atomic mass is 32.1. The highest BCUT2D eigenvalue weighted by Crippen LogP contribution is 2.21. The summed E-state index contributed by atoms with van der Waals surface area (Å²) in [7, 11) is 1.66. The first-order chi connectivity index (χ1) is 11.1. The van der Waals surface area contributed by atoms with Gasteiger partial charge in [-0.3, -0.25) is 9.59 Å². The predicted molar refractivity (Wildman–Crippen MR) is 91.7 cm³/mol. The largest absolute Gasteiger partial charge is 0.351 e. The van der Waals surface area contributed by atoms with E-state index >= 15 is 0 Å². The van der Waals surface area contributed by atoms with E-state index in [2.05, 4.69) is 23.5 Å². The minimum atomic E-state index is -0.115. The molecule has 0 saturated carbocycles. The van der Waals surface area contributed by atoms with Gasteiger partial charge in [0.1, 0.15) is 0 Å². The Kier molecular flexibility index (Phi) is 4.76. The predicted octanol–water partition coefficient (Wildman–Crippen LogP) is 2.49. The van der Waals surface area contributed by atoms with Crippen LogP contribution in [0.25, 0.3) is 0 Å². The molecule has 4 nitrogen and oxygen atoms in total. The van der Waals surface area contributed by atoms with E-state index in [-0.39, 0.29) is 24.4 Å². The standard InChI is InChI=1S/C18H20N2O2S/c1-20(18(22)15-8-9-23-12-15)11-17(21)19-16-7-6-13-4-2-3-5-14(13)10-16/h2-5,8-9,12,16H,6-7,10-11H2,1H3,(H,19,21)/t16-/m1/s1. The highest BCUT2D eigenvalue weighted by molar-refractivity contribution is 7.08. The number of carbonyl (C=O) groups is 2. The number of nitrogens with one attached hydrogen (secondary N) is 1. The number of fused-ring (bicyclic) bond motifs is 1. The maximum Gasteiger partial charge on any atom is 0.254 e. The van der Waals surface area contributed by atoms with Gasteiger partial charge in [0.05, 0.1) is 12.1 Å². The summed E-state index contributed by atoms with van der Waals surface area (Å²) >= 11 is 1.48. The number of amides is 2. The summed E-state index contributed by atoms with van der Waals surface area (Å²) in [4.78, 5) is 25.8. The van der Waals surface area contributed by atoms with Gasteiger partial charge < -0.3 is 10.2 Å². The molecule has 3 rings (SSSR count). The van der Waals surface area contributed by atoms with Gasteiger partial charge in [-0.1, -0.05) is 24.3 Å². The van der Waals surface area contributed by atoms with Crippen molar-refractivity contribution in [2.75, 3.05) is 13.6 Å². The Morgan fingerprint density at radius 2 is 2.04 bits per heavy atom. The van der Waals surface area contributed by atoms with E-state index in [0.29, 0.717) is 5.56 Å². The number of carbonyl (C=O) groups excluding carboxylic acids is 2. The summed E-state index contributed by atoms with van der Waals surface area (Å²) in [6.07, 6.45) is 2.81. The SMILES string of the molecule is CN(CC(=O)N[C@@H]1CCc2ccccc2C1)C(=O)c1ccsc1. The second-order valence-electron chi connectivity index (χ2n) is 5.95. The smallest absolute Gasteiger partial charge is 0.254 e. The van der Waals surface area contributed by atoms with E-state index in [1.165, 1.54) is 27.4 Å². The molecule has 1 atom stereocenters. The molecule has 1 aromatic carbocycles. The molecule has 1 N–H and O–H groups in total. The van der Waals surface area contributed by atoms with Crippen LogP contribution in [0.2, 0.25) is 0 Å². The maximum absolute atomic E-state index is 12.2. The molecular formula is C18H20N2O2S. The van der Waals surface area contributed by atoms with Crippen LogP contribution < -0.4 is 5.32 Å². The molecule has 2 aromatic rings. The molecule has 120 valence electrons. The van der Waals surface area contributed by atoms with Crippen LogP contribution in [0.1, 0.15) is 27.9 Å². The fraction of sp³-hybridized carbons (Fsp3) is 0.333. The maximum atomic E-state index is 12.2. The van der Waals surface area contributed by atoms with Crippen molar-refractivity contribution in [3.8, 4) is 0 Å². The number of likely N-dealkylation sites (N-methyl/N-ethyl adjacent to an activating group) is 1. The van der Waals surface area contributed by atoms with Gasteiger partial charge >= 0.3 is 0 Å². The van der Waals surface area contributed by atoms with Crippen molar-refractivity contribution in [1.29, 1.82) is 0 Å². The lowest BCUT2D eigenvalue weighted by molar-refractivity contribution is -0.122. The Hall–Kier alpha value is -2.14. The monoisotopic (exact) mass is 328 g/mol. The lowest BCUT2D eigenvalue weighted by atomic mass is 9.88. The van der Waals surface area contributed by atoms with Crippen molar-refractivity contribution in [2.24, 2.45) is 0 Å². The van der Waals surface area contributed by atoms with Gasteiger partial charge in [0.25, 0.3) is 5.91 Å². The highest BCUT2D eigenvalue weighted by Gasteiger charge is 2.21. The summed E-state index contributed by atoms with van der Waals surface area (Å²) in [6, 6.07) is 10.3. The number of thiophene rings is 1. The Morgan fingerprint density at radius 3 is 2.78 bits per heavy atom. The lowest BCUT2D eigenvalue weighted by Gasteiger charge is -2.26. The van der Waals surface area contributed by atoms with Gasteiger partial charge in [-0.15, -0.1) is 0 Å². The molecule has 0 spiro atoms. The molecule has 1 aromatic heterocycles.